The fourth-order valence-electron chi connectivity index (χ4n) is 2.30. The van der Waals surface area contributed by atoms with Gasteiger partial charge in [-0.1, -0.05) is 31.5 Å². The Balaban J connectivity index is 1.98. The molecule has 2 nitrogen and oxygen atoms in total. The SMILES string of the molecule is CC(C)c1cc(-c2csc(-c3ccc(N)cc3Cl)c2)ccn1. The lowest BCUT2D eigenvalue weighted by Gasteiger charge is -2.06. The quantitative estimate of drug-likeness (QED) is 0.614. The van der Waals surface area contributed by atoms with E-state index in [1.54, 1.807) is 17.4 Å². The summed E-state index contributed by atoms with van der Waals surface area (Å²) in [7, 11) is 0. The average molecular weight is 329 g/mol. The molecule has 112 valence electrons. The molecule has 0 bridgehead atoms. The van der Waals surface area contributed by atoms with Gasteiger partial charge in [0.25, 0.3) is 0 Å². The molecule has 0 unspecified atom stereocenters. The third kappa shape index (κ3) is 3.01. The number of nitrogen functional groups attached to an aromatic ring is 1. The first-order chi connectivity index (χ1) is 10.5. The molecule has 1 aromatic carbocycles. The van der Waals surface area contributed by atoms with Crippen molar-refractivity contribution < 1.29 is 0 Å². The number of hydrogen-bond acceptors (Lipinski definition) is 3. The van der Waals surface area contributed by atoms with Gasteiger partial charge in [-0.2, -0.15) is 0 Å². The van der Waals surface area contributed by atoms with Gasteiger partial charge in [-0.05, 0) is 52.8 Å². The molecule has 4 heteroatoms. The summed E-state index contributed by atoms with van der Waals surface area (Å²) in [6.07, 6.45) is 1.87. The molecule has 0 fully saturated rings. The van der Waals surface area contributed by atoms with Gasteiger partial charge >= 0.3 is 0 Å². The lowest BCUT2D eigenvalue weighted by molar-refractivity contribution is 0.823. The third-order valence-corrected chi connectivity index (χ3v) is 4.84. The smallest absolute Gasteiger partial charge is 0.0513 e. The van der Waals surface area contributed by atoms with Gasteiger partial charge in [0, 0.05) is 28.0 Å². The molecule has 0 amide bonds. The Morgan fingerprint density at radius 3 is 2.64 bits per heavy atom. The fraction of sp³-hybridized carbons (Fsp3) is 0.167. The van der Waals surface area contributed by atoms with Crippen LogP contribution in [0.15, 0.2) is 48.0 Å². The molecule has 22 heavy (non-hydrogen) atoms. The number of rotatable bonds is 3. The number of thiophene rings is 1. The zero-order valence-electron chi connectivity index (χ0n) is 12.5. The van der Waals surface area contributed by atoms with Crippen LogP contribution in [0, 0.1) is 0 Å². The zero-order valence-corrected chi connectivity index (χ0v) is 14.1. The van der Waals surface area contributed by atoms with E-state index in [1.807, 2.05) is 24.4 Å². The first kappa shape index (κ1) is 15.1. The molecule has 3 rings (SSSR count). The number of aromatic nitrogens is 1. The monoisotopic (exact) mass is 328 g/mol. The van der Waals surface area contributed by atoms with Crippen LogP contribution in [0.2, 0.25) is 5.02 Å². The average Bonchev–Trinajstić information content (AvgIpc) is 2.97. The largest absolute Gasteiger partial charge is 0.399 e. The van der Waals surface area contributed by atoms with Gasteiger partial charge in [0.2, 0.25) is 0 Å². The van der Waals surface area contributed by atoms with E-state index < -0.39 is 0 Å². The van der Waals surface area contributed by atoms with Gasteiger partial charge in [0.1, 0.15) is 0 Å². The highest BCUT2D eigenvalue weighted by atomic mass is 35.5. The number of nitrogens with zero attached hydrogens (tertiary/aromatic N) is 1. The third-order valence-electron chi connectivity index (χ3n) is 3.56. The number of nitrogens with two attached hydrogens (primary N) is 1. The van der Waals surface area contributed by atoms with Gasteiger partial charge in [-0.3, -0.25) is 4.98 Å². The van der Waals surface area contributed by atoms with Crippen LogP contribution in [-0.4, -0.2) is 4.98 Å². The van der Waals surface area contributed by atoms with Crippen molar-refractivity contribution in [3.05, 3.63) is 58.7 Å². The summed E-state index contributed by atoms with van der Waals surface area (Å²) in [5, 5.41) is 2.84. The maximum Gasteiger partial charge on any atom is 0.0513 e. The molecule has 0 saturated heterocycles. The predicted octanol–water partition coefficient (Wildman–Crippen LogP) is 5.84. The van der Waals surface area contributed by atoms with Crippen LogP contribution in [-0.2, 0) is 0 Å². The maximum absolute atomic E-state index is 6.30. The van der Waals surface area contributed by atoms with Crippen LogP contribution in [0.4, 0.5) is 5.69 Å². The summed E-state index contributed by atoms with van der Waals surface area (Å²) in [6.45, 7) is 4.30. The minimum atomic E-state index is 0.421. The first-order valence-electron chi connectivity index (χ1n) is 7.15. The number of anilines is 1. The summed E-state index contributed by atoms with van der Waals surface area (Å²) in [4.78, 5) is 5.56. The Morgan fingerprint density at radius 1 is 1.09 bits per heavy atom. The van der Waals surface area contributed by atoms with E-state index in [1.165, 1.54) is 11.1 Å². The Labute approximate surface area is 139 Å². The molecule has 0 aliphatic carbocycles. The van der Waals surface area contributed by atoms with Crippen molar-refractivity contribution in [2.24, 2.45) is 0 Å². The van der Waals surface area contributed by atoms with Gasteiger partial charge in [0.15, 0.2) is 0 Å². The highest BCUT2D eigenvalue weighted by molar-refractivity contribution is 7.14. The van der Waals surface area contributed by atoms with Crippen molar-refractivity contribution in [3.63, 3.8) is 0 Å². The van der Waals surface area contributed by atoms with Crippen molar-refractivity contribution in [2.45, 2.75) is 19.8 Å². The molecule has 2 heterocycles. The van der Waals surface area contributed by atoms with Gasteiger partial charge in [0.05, 0.1) is 5.02 Å². The van der Waals surface area contributed by atoms with E-state index >= 15 is 0 Å². The van der Waals surface area contributed by atoms with Crippen molar-refractivity contribution in [1.29, 1.82) is 0 Å². The standard InChI is InChI=1S/C18H17ClN2S/c1-11(2)17-7-12(5-6-21-17)13-8-18(22-10-13)15-4-3-14(20)9-16(15)19/h3-11H,20H2,1-2H3. The van der Waals surface area contributed by atoms with Crippen LogP contribution in [0.1, 0.15) is 25.5 Å². The van der Waals surface area contributed by atoms with Crippen molar-refractivity contribution in [3.8, 4) is 21.6 Å². The Hall–Kier alpha value is -1.84. The summed E-state index contributed by atoms with van der Waals surface area (Å²) in [5.41, 5.74) is 10.9. The second-order valence-corrected chi connectivity index (χ2v) is 6.88. The summed E-state index contributed by atoms with van der Waals surface area (Å²) in [6, 6.07) is 12.0. The maximum atomic E-state index is 6.30. The molecule has 2 aromatic heterocycles. The minimum absolute atomic E-state index is 0.421. The highest BCUT2D eigenvalue weighted by Gasteiger charge is 2.10. The Bertz CT molecular complexity index is 808. The van der Waals surface area contributed by atoms with Crippen molar-refractivity contribution >= 4 is 28.6 Å². The van der Waals surface area contributed by atoms with E-state index in [0.29, 0.717) is 16.6 Å². The van der Waals surface area contributed by atoms with E-state index in [0.717, 1.165) is 16.1 Å². The van der Waals surface area contributed by atoms with Gasteiger partial charge < -0.3 is 5.73 Å². The van der Waals surface area contributed by atoms with Crippen LogP contribution in [0.25, 0.3) is 21.6 Å². The number of halogens is 1. The lowest BCUT2D eigenvalue weighted by Crippen LogP contribution is -1.91. The zero-order chi connectivity index (χ0) is 15.7. The first-order valence-corrected chi connectivity index (χ1v) is 8.40. The lowest BCUT2D eigenvalue weighted by atomic mass is 10.0. The molecule has 3 aromatic rings. The topological polar surface area (TPSA) is 38.9 Å². The molecule has 0 atom stereocenters. The minimum Gasteiger partial charge on any atom is -0.399 e. The molecule has 0 aliphatic heterocycles. The highest BCUT2D eigenvalue weighted by Crippen LogP contribution is 2.37. The van der Waals surface area contributed by atoms with Crippen LogP contribution in [0.5, 0.6) is 0 Å². The van der Waals surface area contributed by atoms with Crippen LogP contribution < -0.4 is 5.73 Å². The second kappa shape index (κ2) is 6.11. The molecular weight excluding hydrogens is 312 g/mol. The van der Waals surface area contributed by atoms with Gasteiger partial charge in [-0.15, -0.1) is 11.3 Å². The summed E-state index contributed by atoms with van der Waals surface area (Å²) in [5.74, 6) is 0.421. The number of pyridine rings is 1. The molecule has 0 spiro atoms. The fourth-order valence-corrected chi connectivity index (χ4v) is 3.61. The van der Waals surface area contributed by atoms with E-state index in [-0.39, 0.29) is 0 Å². The molecule has 0 saturated carbocycles. The summed E-state index contributed by atoms with van der Waals surface area (Å²) >= 11 is 7.99. The molecule has 2 N–H and O–H groups in total. The van der Waals surface area contributed by atoms with E-state index in [4.69, 9.17) is 17.3 Å². The van der Waals surface area contributed by atoms with E-state index in [2.05, 4.69) is 36.3 Å². The van der Waals surface area contributed by atoms with Crippen molar-refractivity contribution in [1.82, 2.24) is 4.98 Å². The Morgan fingerprint density at radius 2 is 1.91 bits per heavy atom. The molecule has 0 aliphatic rings. The van der Waals surface area contributed by atoms with Crippen LogP contribution >= 0.6 is 22.9 Å². The predicted molar refractivity (Wildman–Crippen MR) is 96.5 cm³/mol. The molecule has 0 radical (unpaired) electrons. The number of benzene rings is 1. The van der Waals surface area contributed by atoms with Crippen LogP contribution in [0.3, 0.4) is 0 Å². The van der Waals surface area contributed by atoms with Gasteiger partial charge in [-0.25, -0.2) is 0 Å². The number of hydrogen-bond donors (Lipinski definition) is 1. The normalized spacial score (nSPS) is 11.1. The van der Waals surface area contributed by atoms with Crippen molar-refractivity contribution in [2.75, 3.05) is 5.73 Å². The molecular formula is C18H17ClN2S. The van der Waals surface area contributed by atoms with E-state index in [9.17, 15) is 0 Å². The second-order valence-electron chi connectivity index (χ2n) is 5.56. The Kier molecular flexibility index (Phi) is 4.19. The summed E-state index contributed by atoms with van der Waals surface area (Å²) < 4.78 is 0.